The number of hydrogen-bond donors (Lipinski definition) is 1. The SMILES string of the molecule is CC(C)(C)C(=O)NCCCC(=O)C(OC(=O)C(F)(F)F)C(F)(F)F. The lowest BCUT2D eigenvalue weighted by Crippen LogP contribution is -2.44. The summed E-state index contributed by atoms with van der Waals surface area (Å²) in [6, 6.07) is 0. The number of amides is 1. The molecule has 5 nitrogen and oxygen atoms in total. The lowest BCUT2D eigenvalue weighted by atomic mass is 9.95. The van der Waals surface area contributed by atoms with E-state index >= 15 is 0 Å². The first kappa shape index (κ1) is 22.2. The fourth-order valence-corrected chi connectivity index (χ4v) is 1.35. The van der Waals surface area contributed by atoms with E-state index in [2.05, 4.69) is 10.1 Å². The Morgan fingerprint density at radius 3 is 1.88 bits per heavy atom. The van der Waals surface area contributed by atoms with E-state index in [1.807, 2.05) is 0 Å². The molecule has 0 saturated carbocycles. The van der Waals surface area contributed by atoms with Crippen molar-refractivity contribution in [3.8, 4) is 0 Å². The minimum Gasteiger partial charge on any atom is -0.438 e. The van der Waals surface area contributed by atoms with Gasteiger partial charge in [0.15, 0.2) is 5.78 Å². The first-order valence-electron chi connectivity index (χ1n) is 6.72. The first-order valence-corrected chi connectivity index (χ1v) is 6.72. The molecule has 0 radical (unpaired) electrons. The van der Waals surface area contributed by atoms with Gasteiger partial charge in [-0.05, 0) is 6.42 Å². The van der Waals surface area contributed by atoms with Crippen molar-refractivity contribution in [3.05, 3.63) is 0 Å². The zero-order valence-corrected chi connectivity index (χ0v) is 13.1. The third-order valence-corrected chi connectivity index (χ3v) is 2.61. The molecule has 0 spiro atoms. The molecule has 0 aromatic heterocycles. The van der Waals surface area contributed by atoms with Gasteiger partial charge in [0.25, 0.3) is 6.10 Å². The fraction of sp³-hybridized carbons (Fsp3) is 0.769. The molecule has 0 aromatic rings. The van der Waals surface area contributed by atoms with Crippen LogP contribution in [0.2, 0.25) is 0 Å². The molecule has 24 heavy (non-hydrogen) atoms. The van der Waals surface area contributed by atoms with Gasteiger partial charge in [-0.25, -0.2) is 4.79 Å². The smallest absolute Gasteiger partial charge is 0.438 e. The van der Waals surface area contributed by atoms with Crippen molar-refractivity contribution in [2.75, 3.05) is 6.54 Å². The molecule has 0 aliphatic heterocycles. The predicted molar refractivity (Wildman–Crippen MR) is 68.7 cm³/mol. The van der Waals surface area contributed by atoms with Gasteiger partial charge in [0.05, 0.1) is 0 Å². The van der Waals surface area contributed by atoms with Crippen LogP contribution in [0.15, 0.2) is 0 Å². The highest BCUT2D eigenvalue weighted by Crippen LogP contribution is 2.28. The maximum Gasteiger partial charge on any atom is 0.490 e. The maximum atomic E-state index is 12.6. The summed E-state index contributed by atoms with van der Waals surface area (Å²) in [5.74, 6) is -5.24. The van der Waals surface area contributed by atoms with Crippen LogP contribution >= 0.6 is 0 Å². The van der Waals surface area contributed by atoms with E-state index < -0.39 is 48.0 Å². The molecular weight excluding hydrogens is 348 g/mol. The maximum absolute atomic E-state index is 12.6. The predicted octanol–water partition coefficient (Wildman–Crippen LogP) is 2.53. The lowest BCUT2D eigenvalue weighted by Gasteiger charge is -2.20. The second-order valence-electron chi connectivity index (χ2n) is 5.90. The Labute approximate surface area is 133 Å². The van der Waals surface area contributed by atoms with E-state index in [9.17, 15) is 40.7 Å². The number of Topliss-reactive ketones (excluding diaryl/α,β-unsaturated/α-hetero) is 1. The van der Waals surface area contributed by atoms with Gasteiger partial charge in [0.1, 0.15) is 0 Å². The highest BCUT2D eigenvalue weighted by molar-refractivity contribution is 5.87. The second kappa shape index (κ2) is 7.84. The summed E-state index contributed by atoms with van der Waals surface area (Å²) < 4.78 is 76.9. The molecule has 11 heteroatoms. The highest BCUT2D eigenvalue weighted by atomic mass is 19.4. The van der Waals surface area contributed by atoms with Gasteiger partial charge < -0.3 is 10.1 Å². The summed E-state index contributed by atoms with van der Waals surface area (Å²) in [7, 11) is 0. The molecule has 140 valence electrons. The Morgan fingerprint density at radius 2 is 1.50 bits per heavy atom. The summed E-state index contributed by atoms with van der Waals surface area (Å²) in [6.07, 6.45) is -15.7. The Kier molecular flexibility index (Phi) is 7.25. The normalized spacial score (nSPS) is 14.0. The summed E-state index contributed by atoms with van der Waals surface area (Å²) in [6.45, 7) is 4.61. The van der Waals surface area contributed by atoms with E-state index in [1.54, 1.807) is 20.8 Å². The van der Waals surface area contributed by atoms with E-state index in [1.165, 1.54) is 0 Å². The monoisotopic (exact) mass is 365 g/mol. The van der Waals surface area contributed by atoms with Gasteiger partial charge in [-0.3, -0.25) is 9.59 Å². The average molecular weight is 365 g/mol. The molecule has 0 heterocycles. The molecule has 1 amide bonds. The first-order chi connectivity index (χ1) is 10.6. The average Bonchev–Trinajstić information content (AvgIpc) is 2.36. The van der Waals surface area contributed by atoms with E-state index in [0.717, 1.165) is 0 Å². The van der Waals surface area contributed by atoms with Gasteiger partial charge in [0.2, 0.25) is 5.91 Å². The number of hydrogen-bond acceptors (Lipinski definition) is 4. The van der Waals surface area contributed by atoms with E-state index in [0.29, 0.717) is 0 Å². The third-order valence-electron chi connectivity index (χ3n) is 2.61. The summed E-state index contributed by atoms with van der Waals surface area (Å²) in [5, 5.41) is 2.36. The number of halogens is 6. The van der Waals surface area contributed by atoms with E-state index in [-0.39, 0.29) is 13.0 Å². The Hall–Kier alpha value is -1.81. The van der Waals surface area contributed by atoms with Gasteiger partial charge in [0, 0.05) is 18.4 Å². The van der Waals surface area contributed by atoms with Gasteiger partial charge in [-0.15, -0.1) is 0 Å². The van der Waals surface area contributed by atoms with Gasteiger partial charge >= 0.3 is 18.3 Å². The van der Waals surface area contributed by atoms with Gasteiger partial charge in [-0.1, -0.05) is 20.8 Å². The molecule has 1 unspecified atom stereocenters. The topological polar surface area (TPSA) is 72.5 Å². The number of carbonyl (C=O) groups is 3. The quantitative estimate of drug-likeness (QED) is 0.446. The van der Waals surface area contributed by atoms with Crippen LogP contribution in [-0.2, 0) is 19.1 Å². The number of alkyl halides is 6. The number of ether oxygens (including phenoxy) is 1. The number of nitrogens with one attached hydrogen (secondary N) is 1. The molecule has 0 aliphatic rings. The third kappa shape index (κ3) is 7.64. The van der Waals surface area contributed by atoms with Crippen molar-refractivity contribution in [2.24, 2.45) is 5.41 Å². The Balaban J connectivity index is 4.65. The molecule has 0 bridgehead atoms. The zero-order valence-electron chi connectivity index (χ0n) is 13.1. The standard InChI is InChI=1S/C13H17F6NO4/c1-11(2,3)9(22)20-6-4-5-7(21)8(12(14,15)16)24-10(23)13(17,18)19/h8H,4-6H2,1-3H3,(H,20,22). The van der Waals surface area contributed by atoms with Crippen LogP contribution in [0.3, 0.4) is 0 Å². The summed E-state index contributed by atoms with van der Waals surface area (Å²) in [5.41, 5.74) is -0.749. The van der Waals surface area contributed by atoms with E-state index in [4.69, 9.17) is 0 Å². The molecule has 0 fully saturated rings. The van der Waals surface area contributed by atoms with Crippen LogP contribution in [0.25, 0.3) is 0 Å². The van der Waals surface area contributed by atoms with Crippen LogP contribution in [0.1, 0.15) is 33.6 Å². The highest BCUT2D eigenvalue weighted by Gasteiger charge is 2.52. The van der Waals surface area contributed by atoms with Gasteiger partial charge in [-0.2, -0.15) is 26.3 Å². The zero-order chi connectivity index (χ0) is 19.3. The molecule has 0 aliphatic carbocycles. The lowest BCUT2D eigenvalue weighted by molar-refractivity contribution is -0.241. The largest absolute Gasteiger partial charge is 0.490 e. The van der Waals surface area contributed by atoms with Crippen molar-refractivity contribution in [1.82, 2.24) is 5.32 Å². The number of carbonyl (C=O) groups excluding carboxylic acids is 3. The van der Waals surface area contributed by atoms with Crippen molar-refractivity contribution >= 4 is 17.7 Å². The van der Waals surface area contributed by atoms with Crippen LogP contribution < -0.4 is 5.32 Å². The summed E-state index contributed by atoms with van der Waals surface area (Å²) in [4.78, 5) is 33.4. The molecule has 1 N–H and O–H groups in total. The molecule has 0 aromatic carbocycles. The van der Waals surface area contributed by atoms with Crippen LogP contribution in [0, 0.1) is 5.41 Å². The second-order valence-corrected chi connectivity index (χ2v) is 5.90. The minimum atomic E-state index is -5.65. The Bertz CT molecular complexity index is 478. The molecule has 0 saturated heterocycles. The Morgan fingerprint density at radius 1 is 1.00 bits per heavy atom. The molecule has 0 rings (SSSR count). The van der Waals surface area contributed by atoms with Crippen molar-refractivity contribution in [2.45, 2.75) is 52.1 Å². The van der Waals surface area contributed by atoms with Crippen LogP contribution in [0.5, 0.6) is 0 Å². The molecule has 1 atom stereocenters. The molecular formula is C13H17F6NO4. The fourth-order valence-electron chi connectivity index (χ4n) is 1.35. The van der Waals surface area contributed by atoms with Crippen LogP contribution in [0.4, 0.5) is 26.3 Å². The number of esters is 1. The number of ketones is 1. The minimum absolute atomic E-state index is 0.153. The van der Waals surface area contributed by atoms with Crippen molar-refractivity contribution < 1.29 is 45.5 Å². The summed E-state index contributed by atoms with van der Waals surface area (Å²) >= 11 is 0. The van der Waals surface area contributed by atoms with Crippen LogP contribution in [-0.4, -0.2) is 42.7 Å². The van der Waals surface area contributed by atoms with Crippen molar-refractivity contribution in [3.63, 3.8) is 0 Å². The number of rotatable bonds is 6. The van der Waals surface area contributed by atoms with Crippen molar-refractivity contribution in [1.29, 1.82) is 0 Å².